The van der Waals surface area contributed by atoms with Gasteiger partial charge in [0.25, 0.3) is 5.91 Å². The lowest BCUT2D eigenvalue weighted by atomic mass is 9.84. The number of carbonyl (C=O) groups excluding carboxylic acids is 3. The van der Waals surface area contributed by atoms with E-state index in [1.807, 2.05) is 75.4 Å². The Morgan fingerprint density at radius 1 is 1.05 bits per heavy atom. The van der Waals surface area contributed by atoms with E-state index in [0.717, 1.165) is 24.0 Å². The molecular weight excluding hydrogens is 508 g/mol. The molecule has 0 aliphatic carbocycles. The van der Waals surface area contributed by atoms with Gasteiger partial charge in [-0.3, -0.25) is 20.0 Å². The number of fused-ring (bicyclic) bond motifs is 1. The molecule has 0 bridgehead atoms. The van der Waals surface area contributed by atoms with Crippen LogP contribution in [0.3, 0.4) is 0 Å². The molecule has 214 valence electrons. The summed E-state index contributed by atoms with van der Waals surface area (Å²) in [4.78, 5) is 48.0. The first-order valence-corrected chi connectivity index (χ1v) is 13.8. The van der Waals surface area contributed by atoms with Crippen molar-refractivity contribution in [1.29, 1.82) is 0 Å². The van der Waals surface area contributed by atoms with Crippen LogP contribution in [0, 0.1) is 5.41 Å². The van der Waals surface area contributed by atoms with E-state index in [4.69, 9.17) is 14.5 Å². The lowest BCUT2D eigenvalue weighted by molar-refractivity contribution is -0.120. The molecule has 9 nitrogen and oxygen atoms in total. The Morgan fingerprint density at radius 2 is 1.73 bits per heavy atom. The van der Waals surface area contributed by atoms with Crippen molar-refractivity contribution in [2.24, 2.45) is 10.4 Å². The van der Waals surface area contributed by atoms with Gasteiger partial charge in [0.1, 0.15) is 12.2 Å². The van der Waals surface area contributed by atoms with Crippen LogP contribution in [0.25, 0.3) is 0 Å². The lowest BCUT2D eigenvalue weighted by Gasteiger charge is -2.33. The fourth-order valence-electron chi connectivity index (χ4n) is 5.00. The van der Waals surface area contributed by atoms with E-state index in [1.165, 1.54) is 4.90 Å². The summed E-state index contributed by atoms with van der Waals surface area (Å²) in [5, 5.41) is 2.65. The Morgan fingerprint density at radius 3 is 2.42 bits per heavy atom. The molecule has 2 aromatic carbocycles. The van der Waals surface area contributed by atoms with E-state index in [0.29, 0.717) is 24.4 Å². The van der Waals surface area contributed by atoms with Crippen LogP contribution in [0.2, 0.25) is 0 Å². The van der Waals surface area contributed by atoms with Gasteiger partial charge in [0.2, 0.25) is 6.17 Å². The number of nitrogens with one attached hydrogen (secondary N) is 1. The number of amides is 3. The van der Waals surface area contributed by atoms with Crippen LogP contribution in [-0.4, -0.2) is 60.1 Å². The maximum Gasteiger partial charge on any atom is 0.410 e. The summed E-state index contributed by atoms with van der Waals surface area (Å²) in [7, 11) is 1.66. The average Bonchev–Trinajstić information content (AvgIpc) is 3.12. The van der Waals surface area contributed by atoms with Crippen molar-refractivity contribution in [2.45, 2.75) is 78.3 Å². The molecule has 0 unspecified atom stereocenters. The number of aliphatic imine (C=N–C) groups is 1. The molecule has 4 rings (SSSR count). The molecule has 40 heavy (non-hydrogen) atoms. The Balaban J connectivity index is 1.71. The third-order valence-corrected chi connectivity index (χ3v) is 7.29. The zero-order valence-electron chi connectivity index (χ0n) is 24.3. The zero-order valence-corrected chi connectivity index (χ0v) is 24.3. The van der Waals surface area contributed by atoms with Gasteiger partial charge in [0.15, 0.2) is 0 Å². The van der Waals surface area contributed by atoms with Crippen LogP contribution in [0.5, 0.6) is 0 Å². The number of benzene rings is 2. The summed E-state index contributed by atoms with van der Waals surface area (Å²) >= 11 is 0. The fourth-order valence-corrected chi connectivity index (χ4v) is 5.00. The van der Waals surface area contributed by atoms with Crippen molar-refractivity contribution in [3.05, 3.63) is 65.7 Å². The first kappa shape index (κ1) is 29.1. The van der Waals surface area contributed by atoms with E-state index < -0.39 is 35.9 Å². The minimum Gasteiger partial charge on any atom is -0.445 e. The van der Waals surface area contributed by atoms with Crippen molar-refractivity contribution in [1.82, 2.24) is 10.2 Å². The fraction of sp³-hybridized carbons (Fsp3) is 0.484. The van der Waals surface area contributed by atoms with Crippen LogP contribution in [0.15, 0.2) is 59.6 Å². The zero-order chi connectivity index (χ0) is 29.1. The number of likely N-dealkylation sites (tertiary alicyclic amines) is 1. The maximum atomic E-state index is 13.6. The Hall–Kier alpha value is -3.88. The van der Waals surface area contributed by atoms with Crippen LogP contribution in [-0.2, 0) is 20.9 Å². The van der Waals surface area contributed by atoms with Gasteiger partial charge < -0.3 is 14.4 Å². The second-order valence-corrected chi connectivity index (χ2v) is 12.2. The number of ether oxygens (including phenoxy) is 2. The monoisotopic (exact) mass is 548 g/mol. The van der Waals surface area contributed by atoms with Crippen molar-refractivity contribution in [2.75, 3.05) is 18.5 Å². The molecule has 3 amide bonds. The lowest BCUT2D eigenvalue weighted by Crippen LogP contribution is -2.48. The molecule has 0 saturated carbocycles. The molecule has 0 spiro atoms. The second-order valence-electron chi connectivity index (χ2n) is 12.2. The van der Waals surface area contributed by atoms with Crippen LogP contribution in [0.4, 0.5) is 15.3 Å². The Labute approximate surface area is 236 Å². The third kappa shape index (κ3) is 7.00. The number of likely N-dealkylation sites (N-methyl/N-ethyl adjacent to an activating group) is 1. The molecule has 2 aromatic rings. The first-order valence-electron chi connectivity index (χ1n) is 13.8. The molecule has 2 heterocycles. The van der Waals surface area contributed by atoms with Crippen molar-refractivity contribution < 1.29 is 23.9 Å². The predicted octanol–water partition coefficient (Wildman–Crippen LogP) is 5.52. The van der Waals surface area contributed by atoms with Crippen LogP contribution < -0.4 is 10.2 Å². The van der Waals surface area contributed by atoms with Gasteiger partial charge >= 0.3 is 12.2 Å². The molecule has 0 aromatic heterocycles. The van der Waals surface area contributed by atoms with Crippen molar-refractivity contribution in [3.63, 3.8) is 0 Å². The predicted molar refractivity (Wildman–Crippen MR) is 154 cm³/mol. The highest BCUT2D eigenvalue weighted by Gasteiger charge is 2.40. The summed E-state index contributed by atoms with van der Waals surface area (Å²) in [6.45, 7) is 10.4. The smallest absolute Gasteiger partial charge is 0.410 e. The van der Waals surface area contributed by atoms with Gasteiger partial charge in [0.05, 0.1) is 17.4 Å². The highest BCUT2D eigenvalue weighted by molar-refractivity contribution is 6.15. The Bertz CT molecular complexity index is 1270. The quantitative estimate of drug-likeness (QED) is 0.542. The minimum absolute atomic E-state index is 0.00528. The highest BCUT2D eigenvalue weighted by atomic mass is 16.6. The van der Waals surface area contributed by atoms with Gasteiger partial charge in [-0.2, -0.15) is 0 Å². The number of rotatable bonds is 4. The van der Waals surface area contributed by atoms with Gasteiger partial charge in [-0.05, 0) is 57.1 Å². The van der Waals surface area contributed by atoms with E-state index in [2.05, 4.69) is 19.2 Å². The number of para-hydroxylation sites is 1. The van der Waals surface area contributed by atoms with E-state index in [1.54, 1.807) is 11.9 Å². The summed E-state index contributed by atoms with van der Waals surface area (Å²) in [6.07, 6.45) is -0.139. The molecule has 9 heteroatoms. The number of hydrogen-bond donors (Lipinski definition) is 1. The molecule has 1 N–H and O–H groups in total. The van der Waals surface area contributed by atoms with E-state index in [-0.39, 0.29) is 12.0 Å². The van der Waals surface area contributed by atoms with E-state index in [9.17, 15) is 14.4 Å². The molecule has 1 saturated heterocycles. The number of alkyl carbamates (subject to hydrolysis) is 1. The summed E-state index contributed by atoms with van der Waals surface area (Å²) in [5.41, 5.74) is 2.11. The Kier molecular flexibility index (Phi) is 8.51. The third-order valence-electron chi connectivity index (χ3n) is 7.29. The van der Waals surface area contributed by atoms with Gasteiger partial charge in [0, 0.05) is 19.2 Å². The molecule has 1 fully saturated rings. The standard InChI is InChI=1S/C31H40N4O5/c1-30(2,3)40-29(38)35-19-18-31(4,5)17-16-24(35)25-22-14-10-11-15-23(22)34(6)27(36)26(32-25)33-28(37)39-20-21-12-8-7-9-13-21/h7-15,24,26H,16-20H2,1-6H3,(H,33,37)/t24-,26+/m1/s1. The molecule has 2 atom stereocenters. The van der Waals surface area contributed by atoms with Gasteiger partial charge in [-0.15, -0.1) is 0 Å². The van der Waals surface area contributed by atoms with E-state index >= 15 is 0 Å². The van der Waals surface area contributed by atoms with Crippen LogP contribution >= 0.6 is 0 Å². The topological polar surface area (TPSA) is 101 Å². The summed E-state index contributed by atoms with van der Waals surface area (Å²) < 4.78 is 11.2. The van der Waals surface area contributed by atoms with Gasteiger partial charge in [-0.1, -0.05) is 62.4 Å². The summed E-state index contributed by atoms with van der Waals surface area (Å²) in [5.74, 6) is -0.406. The SMILES string of the molecule is CN1C(=O)[C@H](NC(=O)OCc2ccccc2)N=C([C@H]2CCC(C)(C)CCN2C(=O)OC(C)(C)C)c2ccccc21. The molecule has 2 aliphatic rings. The molecule has 2 aliphatic heterocycles. The van der Waals surface area contributed by atoms with Crippen LogP contribution in [0.1, 0.15) is 65.0 Å². The van der Waals surface area contributed by atoms with Crippen molar-refractivity contribution in [3.8, 4) is 0 Å². The largest absolute Gasteiger partial charge is 0.445 e. The number of hydrogen-bond acceptors (Lipinski definition) is 6. The average molecular weight is 549 g/mol. The molecular formula is C31H40N4O5. The normalized spacial score (nSPS) is 20.9. The minimum atomic E-state index is -1.23. The number of benzodiazepines with no additional fused rings is 1. The molecule has 0 radical (unpaired) electrons. The highest BCUT2D eigenvalue weighted by Crippen LogP contribution is 2.36. The number of carbonyl (C=O) groups is 3. The summed E-state index contributed by atoms with van der Waals surface area (Å²) in [6, 6.07) is 16.3. The number of nitrogens with zero attached hydrogens (tertiary/aromatic N) is 3. The van der Waals surface area contributed by atoms with Crippen molar-refractivity contribution >= 4 is 29.5 Å². The first-order chi connectivity index (χ1) is 18.8. The maximum absolute atomic E-state index is 13.6. The van der Waals surface area contributed by atoms with Gasteiger partial charge in [-0.25, -0.2) is 9.59 Å². The number of anilines is 1. The second kappa shape index (κ2) is 11.7.